The van der Waals surface area contributed by atoms with E-state index in [4.69, 9.17) is 0 Å². The molecule has 1 aromatic rings. The van der Waals surface area contributed by atoms with Crippen LogP contribution in [0.25, 0.3) is 0 Å². The van der Waals surface area contributed by atoms with E-state index in [0.717, 1.165) is 36.9 Å². The Balaban J connectivity index is 2.70. The molecule has 20 heavy (non-hydrogen) atoms. The molecule has 0 radical (unpaired) electrons. The molecule has 0 saturated heterocycles. The van der Waals surface area contributed by atoms with Crippen molar-refractivity contribution in [2.24, 2.45) is 0 Å². The number of hydrogen-bond donors (Lipinski definition) is 2. The second-order valence-corrected chi connectivity index (χ2v) is 5.04. The molecule has 1 heterocycles. The maximum absolute atomic E-state index is 12.0. The van der Waals surface area contributed by atoms with Crippen LogP contribution in [-0.4, -0.2) is 17.4 Å². The predicted octanol–water partition coefficient (Wildman–Crippen LogP) is 2.81. The molecule has 1 aromatic heterocycles. The zero-order chi connectivity index (χ0) is 15.0. The molecule has 0 aliphatic rings. The van der Waals surface area contributed by atoms with E-state index in [1.165, 1.54) is 12.8 Å². The van der Waals surface area contributed by atoms with Crippen molar-refractivity contribution in [1.29, 1.82) is 0 Å². The van der Waals surface area contributed by atoms with Gasteiger partial charge in [0.1, 0.15) is 5.56 Å². The van der Waals surface area contributed by atoms with Crippen LogP contribution in [0.15, 0.2) is 10.9 Å². The Labute approximate surface area is 121 Å². The zero-order valence-electron chi connectivity index (χ0n) is 12.8. The van der Waals surface area contributed by atoms with Gasteiger partial charge in [-0.1, -0.05) is 40.0 Å². The Hall–Kier alpha value is -1.58. The molecule has 112 valence electrons. The van der Waals surface area contributed by atoms with Gasteiger partial charge in [0.05, 0.1) is 0 Å². The first-order valence-electron chi connectivity index (χ1n) is 7.67. The maximum atomic E-state index is 12.0. The fourth-order valence-corrected chi connectivity index (χ4v) is 2.26. The number of nitrogens with one attached hydrogen (secondary N) is 2. The summed E-state index contributed by atoms with van der Waals surface area (Å²) in [7, 11) is 0. The lowest BCUT2D eigenvalue weighted by molar-refractivity contribution is 0.0951. The third-order valence-electron chi connectivity index (χ3n) is 3.51. The van der Waals surface area contributed by atoms with Gasteiger partial charge in [-0.25, -0.2) is 0 Å². The van der Waals surface area contributed by atoms with Crippen molar-refractivity contribution >= 4 is 5.91 Å². The number of aromatic amines is 1. The van der Waals surface area contributed by atoms with Crippen LogP contribution < -0.4 is 10.9 Å². The molecule has 0 aliphatic carbocycles. The van der Waals surface area contributed by atoms with E-state index in [1.807, 2.05) is 13.8 Å². The topological polar surface area (TPSA) is 62.0 Å². The van der Waals surface area contributed by atoms with Gasteiger partial charge in [0, 0.05) is 12.2 Å². The van der Waals surface area contributed by atoms with Crippen LogP contribution in [-0.2, 0) is 12.8 Å². The summed E-state index contributed by atoms with van der Waals surface area (Å²) in [4.78, 5) is 26.8. The van der Waals surface area contributed by atoms with Crippen LogP contribution >= 0.6 is 0 Å². The second-order valence-electron chi connectivity index (χ2n) is 5.04. The van der Waals surface area contributed by atoms with Crippen LogP contribution in [0.3, 0.4) is 0 Å². The monoisotopic (exact) mass is 278 g/mol. The Kier molecular flexibility index (Phi) is 7.05. The fourth-order valence-electron chi connectivity index (χ4n) is 2.26. The molecule has 1 amide bonds. The van der Waals surface area contributed by atoms with Gasteiger partial charge in [-0.2, -0.15) is 0 Å². The lowest BCUT2D eigenvalue weighted by atomic mass is 10.1. The molecule has 0 fully saturated rings. The molecule has 0 bridgehead atoms. The van der Waals surface area contributed by atoms with Crippen molar-refractivity contribution < 1.29 is 4.79 Å². The quantitative estimate of drug-likeness (QED) is 0.718. The highest BCUT2D eigenvalue weighted by atomic mass is 16.2. The summed E-state index contributed by atoms with van der Waals surface area (Å²) in [6.07, 6.45) is 6.02. The number of pyridine rings is 1. The Morgan fingerprint density at radius 1 is 1.15 bits per heavy atom. The summed E-state index contributed by atoms with van der Waals surface area (Å²) in [5, 5.41) is 2.83. The van der Waals surface area contributed by atoms with E-state index in [9.17, 15) is 9.59 Å². The van der Waals surface area contributed by atoms with E-state index in [1.54, 1.807) is 6.07 Å². The van der Waals surface area contributed by atoms with E-state index >= 15 is 0 Å². The first kappa shape index (κ1) is 16.5. The number of unbranched alkanes of at least 4 members (excludes halogenated alkanes) is 3. The average Bonchev–Trinajstić information content (AvgIpc) is 2.46. The van der Waals surface area contributed by atoms with Gasteiger partial charge in [-0.3, -0.25) is 9.59 Å². The van der Waals surface area contributed by atoms with E-state index < -0.39 is 0 Å². The Morgan fingerprint density at radius 2 is 1.90 bits per heavy atom. The van der Waals surface area contributed by atoms with Crippen LogP contribution in [0.2, 0.25) is 0 Å². The number of rotatable bonds is 8. The minimum absolute atomic E-state index is 0.231. The smallest absolute Gasteiger partial charge is 0.261 e. The molecule has 0 saturated carbocycles. The SMILES string of the molecule is CCCCCCNC(=O)c1cc(CC)c(CC)[nH]c1=O. The number of aromatic nitrogens is 1. The number of carbonyl (C=O) groups excluding carboxylic acids is 1. The first-order valence-corrected chi connectivity index (χ1v) is 7.67. The number of carbonyl (C=O) groups is 1. The fraction of sp³-hybridized carbons (Fsp3) is 0.625. The minimum atomic E-state index is -0.287. The van der Waals surface area contributed by atoms with E-state index in [0.29, 0.717) is 6.54 Å². The van der Waals surface area contributed by atoms with Crippen LogP contribution in [0.4, 0.5) is 0 Å². The van der Waals surface area contributed by atoms with Gasteiger partial charge < -0.3 is 10.3 Å². The lowest BCUT2D eigenvalue weighted by Crippen LogP contribution is -2.31. The molecule has 0 spiro atoms. The summed E-state index contributed by atoms with van der Waals surface area (Å²) in [6.45, 7) is 6.81. The van der Waals surface area contributed by atoms with Gasteiger partial charge in [-0.15, -0.1) is 0 Å². The summed E-state index contributed by atoms with van der Waals surface area (Å²) in [6, 6.07) is 1.74. The summed E-state index contributed by atoms with van der Waals surface area (Å²) >= 11 is 0. The second kappa shape index (κ2) is 8.56. The Morgan fingerprint density at radius 3 is 2.50 bits per heavy atom. The van der Waals surface area contributed by atoms with Gasteiger partial charge in [0.15, 0.2) is 0 Å². The molecular weight excluding hydrogens is 252 g/mol. The van der Waals surface area contributed by atoms with Crippen molar-refractivity contribution in [2.75, 3.05) is 6.54 Å². The van der Waals surface area contributed by atoms with Crippen molar-refractivity contribution in [3.05, 3.63) is 33.2 Å². The molecule has 0 aliphatic heterocycles. The first-order chi connectivity index (χ1) is 9.63. The summed E-state index contributed by atoms with van der Waals surface area (Å²) in [5.41, 5.74) is 1.92. The standard InChI is InChI=1S/C16H26N2O2/c1-4-7-8-9-10-17-15(19)13-11-12(5-2)14(6-3)18-16(13)20/h11H,4-10H2,1-3H3,(H,17,19)(H,18,20). The molecule has 4 nitrogen and oxygen atoms in total. The third-order valence-corrected chi connectivity index (χ3v) is 3.51. The normalized spacial score (nSPS) is 10.6. The van der Waals surface area contributed by atoms with Crippen LogP contribution in [0.5, 0.6) is 0 Å². The molecule has 0 unspecified atom stereocenters. The van der Waals surface area contributed by atoms with Crippen molar-refractivity contribution in [1.82, 2.24) is 10.3 Å². The number of hydrogen-bond acceptors (Lipinski definition) is 2. The van der Waals surface area contributed by atoms with Crippen molar-refractivity contribution in [3.63, 3.8) is 0 Å². The maximum Gasteiger partial charge on any atom is 0.261 e. The summed E-state index contributed by atoms with van der Waals surface area (Å²) in [5.74, 6) is -0.264. The lowest BCUT2D eigenvalue weighted by Gasteiger charge is -2.09. The van der Waals surface area contributed by atoms with Crippen LogP contribution in [0, 0.1) is 0 Å². The van der Waals surface area contributed by atoms with Gasteiger partial charge >= 0.3 is 0 Å². The molecule has 2 N–H and O–H groups in total. The molecule has 1 rings (SSSR count). The largest absolute Gasteiger partial charge is 0.352 e. The summed E-state index contributed by atoms with van der Waals surface area (Å²) < 4.78 is 0. The van der Waals surface area contributed by atoms with Crippen molar-refractivity contribution in [3.8, 4) is 0 Å². The Bertz CT molecular complexity index is 492. The predicted molar refractivity (Wildman–Crippen MR) is 82.3 cm³/mol. The highest BCUT2D eigenvalue weighted by molar-refractivity contribution is 5.94. The minimum Gasteiger partial charge on any atom is -0.352 e. The molecular formula is C16H26N2O2. The highest BCUT2D eigenvalue weighted by Gasteiger charge is 2.13. The number of aryl methyl sites for hydroxylation is 2. The van der Waals surface area contributed by atoms with E-state index in [-0.39, 0.29) is 17.0 Å². The zero-order valence-corrected chi connectivity index (χ0v) is 12.8. The van der Waals surface area contributed by atoms with E-state index in [2.05, 4.69) is 17.2 Å². The third kappa shape index (κ3) is 4.51. The molecule has 4 heteroatoms. The van der Waals surface area contributed by atoms with Gasteiger partial charge in [0.2, 0.25) is 0 Å². The van der Waals surface area contributed by atoms with Crippen molar-refractivity contribution in [2.45, 2.75) is 59.3 Å². The van der Waals surface area contributed by atoms with Gasteiger partial charge in [0.25, 0.3) is 11.5 Å². The van der Waals surface area contributed by atoms with Gasteiger partial charge in [-0.05, 0) is 30.9 Å². The van der Waals surface area contributed by atoms with Crippen LogP contribution in [0.1, 0.15) is 68.1 Å². The molecule has 0 aromatic carbocycles. The molecule has 0 atom stereocenters. The number of H-pyrrole nitrogens is 1. The number of amides is 1. The highest BCUT2D eigenvalue weighted by Crippen LogP contribution is 2.08. The average molecular weight is 278 g/mol.